The second kappa shape index (κ2) is 13.2. The molecule has 0 bridgehead atoms. The Labute approximate surface area is 227 Å². The van der Waals surface area contributed by atoms with Crippen molar-refractivity contribution in [3.8, 4) is 11.5 Å². The van der Waals surface area contributed by atoms with Gasteiger partial charge >= 0.3 is 0 Å². The van der Waals surface area contributed by atoms with Crippen LogP contribution in [0.5, 0.6) is 11.5 Å². The molecule has 3 rings (SSSR count). The molecule has 1 atom stereocenters. The first-order valence-corrected chi connectivity index (χ1v) is 12.8. The maximum atomic E-state index is 12.8. The SMILES string of the molecule is COc1ccc(NC(=O)C(C(=O)NN=Cc2ccc(OCc3ccc(Br)cc3)c(Br)c2)C(C)C)cc1. The van der Waals surface area contributed by atoms with E-state index >= 15 is 0 Å². The van der Waals surface area contributed by atoms with Gasteiger partial charge in [0.15, 0.2) is 0 Å². The number of anilines is 1. The maximum Gasteiger partial charge on any atom is 0.252 e. The molecule has 9 heteroatoms. The van der Waals surface area contributed by atoms with Crippen LogP contribution < -0.4 is 20.2 Å². The first-order chi connectivity index (χ1) is 17.3. The highest BCUT2D eigenvalue weighted by atomic mass is 79.9. The summed E-state index contributed by atoms with van der Waals surface area (Å²) >= 11 is 6.93. The van der Waals surface area contributed by atoms with E-state index in [1.54, 1.807) is 31.4 Å². The average Bonchev–Trinajstić information content (AvgIpc) is 2.85. The fourth-order valence-electron chi connectivity index (χ4n) is 3.32. The Morgan fingerprint density at radius 1 is 0.972 bits per heavy atom. The molecule has 0 aliphatic rings. The van der Waals surface area contributed by atoms with Crippen molar-refractivity contribution in [2.24, 2.45) is 16.9 Å². The van der Waals surface area contributed by atoms with Crippen LogP contribution in [0.3, 0.4) is 0 Å². The molecule has 2 amide bonds. The van der Waals surface area contributed by atoms with E-state index in [0.29, 0.717) is 23.8 Å². The molecule has 3 aromatic carbocycles. The van der Waals surface area contributed by atoms with Gasteiger partial charge in [-0.15, -0.1) is 0 Å². The lowest BCUT2D eigenvalue weighted by Crippen LogP contribution is -2.39. The van der Waals surface area contributed by atoms with Gasteiger partial charge in [0.1, 0.15) is 24.0 Å². The number of nitrogens with zero attached hydrogens (tertiary/aromatic N) is 1. The van der Waals surface area contributed by atoms with Gasteiger partial charge in [-0.3, -0.25) is 9.59 Å². The van der Waals surface area contributed by atoms with Crippen LogP contribution in [-0.2, 0) is 16.2 Å². The molecular weight excluding hydrogens is 590 g/mol. The highest BCUT2D eigenvalue weighted by Crippen LogP contribution is 2.26. The van der Waals surface area contributed by atoms with Crippen molar-refractivity contribution in [2.75, 3.05) is 12.4 Å². The third-order valence-electron chi connectivity index (χ3n) is 5.24. The van der Waals surface area contributed by atoms with Crippen molar-refractivity contribution < 1.29 is 19.1 Å². The van der Waals surface area contributed by atoms with Gasteiger partial charge in [0, 0.05) is 10.2 Å². The van der Waals surface area contributed by atoms with Gasteiger partial charge in [-0.2, -0.15) is 5.10 Å². The number of hydrogen-bond acceptors (Lipinski definition) is 5. The fraction of sp³-hybridized carbons (Fsp3) is 0.222. The minimum absolute atomic E-state index is 0.227. The van der Waals surface area contributed by atoms with E-state index in [9.17, 15) is 9.59 Å². The van der Waals surface area contributed by atoms with E-state index in [0.717, 1.165) is 20.1 Å². The molecular formula is C27H27Br2N3O4. The molecule has 7 nitrogen and oxygen atoms in total. The fourth-order valence-corrected chi connectivity index (χ4v) is 4.09. The largest absolute Gasteiger partial charge is 0.497 e. The maximum absolute atomic E-state index is 12.8. The van der Waals surface area contributed by atoms with E-state index in [4.69, 9.17) is 9.47 Å². The van der Waals surface area contributed by atoms with E-state index in [2.05, 4.69) is 47.7 Å². The van der Waals surface area contributed by atoms with Gasteiger partial charge in [-0.05, 0) is 87.6 Å². The Bertz CT molecular complexity index is 1210. The number of benzene rings is 3. The van der Waals surface area contributed by atoms with Crippen molar-refractivity contribution in [1.82, 2.24) is 5.43 Å². The van der Waals surface area contributed by atoms with Crippen molar-refractivity contribution in [2.45, 2.75) is 20.5 Å². The first-order valence-electron chi connectivity index (χ1n) is 11.2. The monoisotopic (exact) mass is 615 g/mol. The average molecular weight is 617 g/mol. The number of nitrogens with one attached hydrogen (secondary N) is 2. The van der Waals surface area contributed by atoms with Gasteiger partial charge in [0.2, 0.25) is 5.91 Å². The van der Waals surface area contributed by atoms with Crippen LogP contribution in [0, 0.1) is 11.8 Å². The number of carbonyl (C=O) groups is 2. The molecule has 0 aliphatic heterocycles. The van der Waals surface area contributed by atoms with Gasteiger partial charge in [-0.25, -0.2) is 5.43 Å². The lowest BCUT2D eigenvalue weighted by Gasteiger charge is -2.18. The predicted octanol–water partition coefficient (Wildman–Crippen LogP) is 6.16. The number of ether oxygens (including phenoxy) is 2. The van der Waals surface area contributed by atoms with Crippen molar-refractivity contribution >= 4 is 55.6 Å². The molecule has 1 unspecified atom stereocenters. The van der Waals surface area contributed by atoms with Gasteiger partial charge < -0.3 is 14.8 Å². The molecule has 0 saturated heterocycles. The molecule has 0 aliphatic carbocycles. The molecule has 3 aromatic rings. The second-order valence-corrected chi connectivity index (χ2v) is 10.0. The number of methoxy groups -OCH3 is 1. The normalized spacial score (nSPS) is 11.8. The number of amides is 2. The quantitative estimate of drug-likeness (QED) is 0.162. The van der Waals surface area contributed by atoms with Crippen LogP contribution in [0.15, 0.2) is 80.8 Å². The number of carbonyl (C=O) groups excluding carboxylic acids is 2. The predicted molar refractivity (Wildman–Crippen MR) is 148 cm³/mol. The summed E-state index contributed by atoms with van der Waals surface area (Å²) in [5.41, 5.74) is 4.86. The zero-order chi connectivity index (χ0) is 26.1. The van der Waals surface area contributed by atoms with E-state index in [1.807, 2.05) is 56.3 Å². The van der Waals surface area contributed by atoms with Crippen LogP contribution in [0.4, 0.5) is 5.69 Å². The number of hydrogen-bond donors (Lipinski definition) is 2. The molecule has 0 spiro atoms. The molecule has 0 aromatic heterocycles. The zero-order valence-corrected chi connectivity index (χ0v) is 23.3. The van der Waals surface area contributed by atoms with Gasteiger partial charge in [0.05, 0.1) is 17.8 Å². The standard InChI is InChI=1S/C27H27Br2N3O4/c1-17(2)25(26(33)31-21-9-11-22(35-3)12-10-21)27(34)32-30-15-19-6-13-24(23(29)14-19)36-16-18-4-7-20(28)8-5-18/h4-15,17,25H,16H2,1-3H3,(H,31,33)(H,32,34). The Morgan fingerprint density at radius 3 is 2.28 bits per heavy atom. The Hall–Kier alpha value is -3.17. The summed E-state index contributed by atoms with van der Waals surface area (Å²) in [5, 5.41) is 6.82. The highest BCUT2D eigenvalue weighted by Gasteiger charge is 2.30. The molecule has 36 heavy (non-hydrogen) atoms. The van der Waals surface area contributed by atoms with Gasteiger partial charge in [-0.1, -0.05) is 41.9 Å². The summed E-state index contributed by atoms with van der Waals surface area (Å²) in [5.74, 6) is -0.663. The number of halogens is 2. The van der Waals surface area contributed by atoms with Crippen molar-refractivity contribution in [3.63, 3.8) is 0 Å². The van der Waals surface area contributed by atoms with Crippen molar-refractivity contribution in [1.29, 1.82) is 0 Å². The zero-order valence-electron chi connectivity index (χ0n) is 20.1. The van der Waals surface area contributed by atoms with Crippen LogP contribution in [0.2, 0.25) is 0 Å². The Kier molecular flexibility index (Phi) is 10.1. The summed E-state index contributed by atoms with van der Waals surface area (Å²) in [6.07, 6.45) is 1.51. The van der Waals surface area contributed by atoms with Gasteiger partial charge in [0.25, 0.3) is 5.91 Å². The summed E-state index contributed by atoms with van der Waals surface area (Å²) in [6, 6.07) is 20.3. The first kappa shape index (κ1) is 27.4. The van der Waals surface area contributed by atoms with Crippen molar-refractivity contribution in [3.05, 3.63) is 86.8 Å². The van der Waals surface area contributed by atoms with E-state index in [1.165, 1.54) is 6.21 Å². The van der Waals surface area contributed by atoms with Crippen LogP contribution in [0.1, 0.15) is 25.0 Å². The Morgan fingerprint density at radius 2 is 1.67 bits per heavy atom. The van der Waals surface area contributed by atoms with Crippen LogP contribution in [-0.4, -0.2) is 25.1 Å². The highest BCUT2D eigenvalue weighted by molar-refractivity contribution is 9.10. The topological polar surface area (TPSA) is 89.0 Å². The summed E-state index contributed by atoms with van der Waals surface area (Å²) in [7, 11) is 1.57. The smallest absolute Gasteiger partial charge is 0.252 e. The Balaban J connectivity index is 1.57. The molecule has 0 heterocycles. The van der Waals surface area contributed by atoms with Crippen LogP contribution >= 0.6 is 31.9 Å². The number of hydrazone groups is 1. The van der Waals surface area contributed by atoms with Crippen LogP contribution in [0.25, 0.3) is 0 Å². The lowest BCUT2D eigenvalue weighted by molar-refractivity contribution is -0.134. The summed E-state index contributed by atoms with van der Waals surface area (Å²) in [4.78, 5) is 25.5. The molecule has 188 valence electrons. The second-order valence-electron chi connectivity index (χ2n) is 8.28. The molecule has 0 saturated carbocycles. The molecule has 2 N–H and O–H groups in total. The summed E-state index contributed by atoms with van der Waals surface area (Å²) < 4.78 is 12.8. The molecule has 0 radical (unpaired) electrons. The lowest BCUT2D eigenvalue weighted by atomic mass is 9.94. The number of rotatable bonds is 10. The third kappa shape index (κ3) is 7.93. The minimum Gasteiger partial charge on any atom is -0.497 e. The molecule has 0 fully saturated rings. The minimum atomic E-state index is -0.912. The third-order valence-corrected chi connectivity index (χ3v) is 6.39. The summed E-state index contributed by atoms with van der Waals surface area (Å²) in [6.45, 7) is 4.06. The van der Waals surface area contributed by atoms with E-state index < -0.39 is 17.7 Å². The van der Waals surface area contributed by atoms with E-state index in [-0.39, 0.29) is 5.92 Å².